The van der Waals surface area contributed by atoms with Gasteiger partial charge in [0, 0.05) is 54.9 Å². The van der Waals surface area contributed by atoms with Crippen LogP contribution in [-0.4, -0.2) is 33.8 Å². The quantitative estimate of drug-likeness (QED) is 0.633. The number of hydrogen-bond acceptors (Lipinski definition) is 6. The molecular formula is C26H29ClN4O2. The molecule has 0 bridgehead atoms. The number of aryl methyl sites for hydroxylation is 1. The molecule has 4 heterocycles. The highest BCUT2D eigenvalue weighted by molar-refractivity contribution is 6.30. The summed E-state index contributed by atoms with van der Waals surface area (Å²) in [6, 6.07) is 5.92. The van der Waals surface area contributed by atoms with E-state index in [9.17, 15) is 5.11 Å². The number of anilines is 2. The molecule has 0 aliphatic carbocycles. The minimum atomic E-state index is -0.881. The van der Waals surface area contributed by atoms with Gasteiger partial charge in [-0.05, 0) is 62.6 Å². The van der Waals surface area contributed by atoms with Crippen molar-refractivity contribution in [2.45, 2.75) is 39.9 Å². The van der Waals surface area contributed by atoms with E-state index in [1.54, 1.807) is 26.2 Å². The molecule has 0 spiro atoms. The summed E-state index contributed by atoms with van der Waals surface area (Å²) in [5, 5.41) is 11.1. The number of aromatic nitrogens is 2. The summed E-state index contributed by atoms with van der Waals surface area (Å²) in [7, 11) is 0. The predicted molar refractivity (Wildman–Crippen MR) is 133 cm³/mol. The summed E-state index contributed by atoms with van der Waals surface area (Å²) in [5.41, 5.74) is 4.22. The van der Waals surface area contributed by atoms with Crippen molar-refractivity contribution in [3.05, 3.63) is 94.4 Å². The molecular weight excluding hydrogens is 436 g/mol. The third-order valence-corrected chi connectivity index (χ3v) is 6.11. The van der Waals surface area contributed by atoms with E-state index in [2.05, 4.69) is 27.9 Å². The van der Waals surface area contributed by atoms with Crippen LogP contribution in [0.3, 0.4) is 0 Å². The van der Waals surface area contributed by atoms with Gasteiger partial charge in [-0.2, -0.15) is 0 Å². The number of aliphatic hydroxyl groups is 1. The number of ether oxygens (including phenoxy) is 1. The van der Waals surface area contributed by atoms with Gasteiger partial charge in [0.2, 0.25) is 0 Å². The highest BCUT2D eigenvalue weighted by Crippen LogP contribution is 2.34. The molecule has 2 aromatic rings. The van der Waals surface area contributed by atoms with Crippen molar-refractivity contribution in [3.63, 3.8) is 0 Å². The van der Waals surface area contributed by atoms with Gasteiger partial charge in [0.15, 0.2) is 0 Å². The van der Waals surface area contributed by atoms with Crippen LogP contribution in [0, 0.1) is 6.92 Å². The highest BCUT2D eigenvalue weighted by Gasteiger charge is 2.25. The lowest BCUT2D eigenvalue weighted by Gasteiger charge is -2.33. The maximum absolute atomic E-state index is 10.4. The van der Waals surface area contributed by atoms with E-state index in [-0.39, 0.29) is 0 Å². The first-order chi connectivity index (χ1) is 15.7. The Hall–Kier alpha value is -3.09. The van der Waals surface area contributed by atoms with Gasteiger partial charge in [0.05, 0.1) is 17.2 Å². The highest BCUT2D eigenvalue weighted by atomic mass is 35.5. The Kier molecular flexibility index (Phi) is 6.58. The maximum atomic E-state index is 10.4. The molecule has 0 amide bonds. The van der Waals surface area contributed by atoms with Crippen molar-refractivity contribution in [2.24, 2.45) is 0 Å². The molecule has 2 aromatic heterocycles. The molecule has 172 valence electrons. The lowest BCUT2D eigenvalue weighted by Crippen LogP contribution is -2.33. The van der Waals surface area contributed by atoms with Crippen molar-refractivity contribution >= 4 is 23.1 Å². The Morgan fingerprint density at radius 3 is 2.67 bits per heavy atom. The fourth-order valence-electron chi connectivity index (χ4n) is 3.78. The van der Waals surface area contributed by atoms with Crippen molar-refractivity contribution in [1.29, 1.82) is 0 Å². The smallest absolute Gasteiger partial charge is 0.137 e. The summed E-state index contributed by atoms with van der Waals surface area (Å²) in [5.74, 6) is 1.50. The van der Waals surface area contributed by atoms with Crippen LogP contribution in [0.1, 0.15) is 31.9 Å². The summed E-state index contributed by atoms with van der Waals surface area (Å²) in [6.45, 7) is 9.23. The zero-order chi connectivity index (χ0) is 23.6. The molecule has 33 heavy (non-hydrogen) atoms. The van der Waals surface area contributed by atoms with Crippen molar-refractivity contribution in [3.8, 4) is 0 Å². The summed E-state index contributed by atoms with van der Waals surface area (Å²) < 4.78 is 5.99. The van der Waals surface area contributed by atoms with Crippen LogP contribution in [0.25, 0.3) is 0 Å². The first-order valence-electron chi connectivity index (χ1n) is 10.9. The van der Waals surface area contributed by atoms with Gasteiger partial charge < -0.3 is 19.6 Å². The average Bonchev–Trinajstić information content (AvgIpc) is 2.80. The summed E-state index contributed by atoms with van der Waals surface area (Å²) in [4.78, 5) is 12.9. The van der Waals surface area contributed by atoms with E-state index in [4.69, 9.17) is 16.3 Å². The molecule has 2 aliphatic rings. The first-order valence-corrected chi connectivity index (χ1v) is 11.3. The Morgan fingerprint density at radius 1 is 1.18 bits per heavy atom. The molecule has 0 unspecified atom stereocenters. The Morgan fingerprint density at radius 2 is 1.94 bits per heavy atom. The van der Waals surface area contributed by atoms with Gasteiger partial charge in [0.1, 0.15) is 18.2 Å². The fourth-order valence-corrected chi connectivity index (χ4v) is 4.01. The van der Waals surface area contributed by atoms with Crippen LogP contribution in [-0.2, 0) is 11.3 Å². The topological polar surface area (TPSA) is 61.7 Å². The van der Waals surface area contributed by atoms with Gasteiger partial charge in [-0.25, -0.2) is 4.98 Å². The van der Waals surface area contributed by atoms with E-state index in [0.29, 0.717) is 30.5 Å². The van der Waals surface area contributed by atoms with E-state index >= 15 is 0 Å². The predicted octanol–water partition coefficient (Wildman–Crippen LogP) is 5.21. The van der Waals surface area contributed by atoms with Gasteiger partial charge in [-0.1, -0.05) is 17.7 Å². The lowest BCUT2D eigenvalue weighted by atomic mass is 9.96. The molecule has 4 rings (SSSR count). The molecule has 1 N–H and O–H groups in total. The van der Waals surface area contributed by atoms with Crippen LogP contribution in [0.5, 0.6) is 0 Å². The third-order valence-electron chi connectivity index (χ3n) is 5.81. The number of rotatable bonds is 6. The van der Waals surface area contributed by atoms with Gasteiger partial charge in [0.25, 0.3) is 0 Å². The van der Waals surface area contributed by atoms with Crippen LogP contribution in [0.4, 0.5) is 11.5 Å². The monoisotopic (exact) mass is 464 g/mol. The van der Waals surface area contributed by atoms with E-state index in [1.165, 1.54) is 0 Å². The molecule has 0 radical (unpaired) electrons. The third kappa shape index (κ3) is 5.29. The van der Waals surface area contributed by atoms with Crippen molar-refractivity contribution in [2.75, 3.05) is 22.9 Å². The van der Waals surface area contributed by atoms with E-state index in [0.717, 1.165) is 33.9 Å². The number of allylic oxidation sites excluding steroid dienone is 4. The molecule has 0 saturated heterocycles. The normalized spacial score (nSPS) is 16.7. The zero-order valence-electron chi connectivity index (χ0n) is 19.4. The number of hydrogen-bond donors (Lipinski definition) is 1. The number of halogens is 1. The van der Waals surface area contributed by atoms with E-state index < -0.39 is 5.60 Å². The second-order valence-electron chi connectivity index (χ2n) is 8.83. The van der Waals surface area contributed by atoms with Crippen LogP contribution in [0.15, 0.2) is 83.3 Å². The second-order valence-corrected chi connectivity index (χ2v) is 9.29. The largest absolute Gasteiger partial charge is 0.488 e. The van der Waals surface area contributed by atoms with Crippen molar-refractivity contribution in [1.82, 2.24) is 9.97 Å². The lowest BCUT2D eigenvalue weighted by molar-refractivity contribution is 0.118. The number of pyridine rings is 2. The van der Waals surface area contributed by atoms with Crippen molar-refractivity contribution < 1.29 is 9.84 Å². The van der Waals surface area contributed by atoms with Crippen LogP contribution < -0.4 is 9.80 Å². The van der Waals surface area contributed by atoms with Gasteiger partial charge in [-0.3, -0.25) is 4.98 Å². The molecule has 7 heteroatoms. The van der Waals surface area contributed by atoms with Crippen LogP contribution >= 0.6 is 11.6 Å². The molecule has 0 aromatic carbocycles. The maximum Gasteiger partial charge on any atom is 0.137 e. The van der Waals surface area contributed by atoms with Crippen LogP contribution in [0.2, 0.25) is 0 Å². The summed E-state index contributed by atoms with van der Waals surface area (Å²) >= 11 is 6.65. The Balaban J connectivity index is 1.53. The van der Waals surface area contributed by atoms with Gasteiger partial charge >= 0.3 is 0 Å². The zero-order valence-corrected chi connectivity index (χ0v) is 20.2. The second kappa shape index (κ2) is 9.41. The SMILES string of the molecule is CC1=CC(OCc2ccncc2)=C(Cl)CN1c1cc(N2C=CC=C(C(C)(C)O)C2)ncc1C. The Bertz CT molecular complexity index is 1150. The standard InChI is InChI=1S/C26H29ClN4O2/c1-18-14-29-25(30-11-5-6-21(15-30)26(3,4)32)13-23(18)31-16-22(27)24(12-19(31)2)33-17-20-7-9-28-10-8-20/h5-14,32H,15-17H2,1-4H3. The average molecular weight is 465 g/mol. The minimum absolute atomic E-state index is 0.439. The van der Waals surface area contributed by atoms with E-state index in [1.807, 2.05) is 54.6 Å². The number of nitrogens with zero attached hydrogens (tertiary/aromatic N) is 4. The first kappa shape index (κ1) is 23.1. The molecule has 0 fully saturated rings. The molecule has 0 saturated carbocycles. The minimum Gasteiger partial charge on any atom is -0.488 e. The molecule has 0 atom stereocenters. The molecule has 6 nitrogen and oxygen atoms in total. The Labute approximate surface area is 200 Å². The molecule has 2 aliphatic heterocycles. The summed E-state index contributed by atoms with van der Waals surface area (Å²) in [6.07, 6.45) is 13.2. The van der Waals surface area contributed by atoms with Gasteiger partial charge in [-0.15, -0.1) is 0 Å². The fraction of sp³-hybridized carbons (Fsp3) is 0.308.